The van der Waals surface area contributed by atoms with Crippen LogP contribution in [-0.2, 0) is 27.9 Å². The minimum Gasteiger partial charge on any atom is -0.457 e. The summed E-state index contributed by atoms with van der Waals surface area (Å²) in [6.45, 7) is 4.65. The molecule has 0 amide bonds. The van der Waals surface area contributed by atoms with E-state index in [4.69, 9.17) is 24.3 Å². The van der Waals surface area contributed by atoms with Crippen LogP contribution in [0.2, 0.25) is 0 Å². The van der Waals surface area contributed by atoms with Gasteiger partial charge in [0.1, 0.15) is 6.10 Å². The zero-order valence-corrected chi connectivity index (χ0v) is 22.0. The molecule has 2 unspecified atom stereocenters. The topological polar surface area (TPSA) is 117 Å². The first-order valence-corrected chi connectivity index (χ1v) is 14.5. The largest absolute Gasteiger partial charge is 0.472 e. The molecule has 0 aromatic heterocycles. The molecule has 33 heavy (non-hydrogen) atoms. The van der Waals surface area contributed by atoms with Crippen LogP contribution in [0.1, 0.15) is 110 Å². The lowest BCUT2D eigenvalue weighted by atomic mass is 10.1. The Morgan fingerprint density at radius 2 is 1.33 bits per heavy atom. The minimum absolute atomic E-state index is 0.0931. The second-order valence-electron chi connectivity index (χ2n) is 8.57. The number of hydrogen-bond acceptors (Lipinski definition) is 7. The van der Waals surface area contributed by atoms with Gasteiger partial charge in [0.05, 0.1) is 19.8 Å². The van der Waals surface area contributed by atoms with Gasteiger partial charge in [-0.25, -0.2) is 4.57 Å². The SMILES string of the molecule is CCCCCCCCCCCCCCOCC(COP(=O)(O)OCCN)OC(=O)CCCC. The summed E-state index contributed by atoms with van der Waals surface area (Å²) in [5, 5.41) is 0. The third-order valence-electron chi connectivity index (χ3n) is 5.27. The van der Waals surface area contributed by atoms with Gasteiger partial charge in [-0.1, -0.05) is 90.9 Å². The molecular weight excluding hydrogens is 445 g/mol. The van der Waals surface area contributed by atoms with Gasteiger partial charge in [-0.05, 0) is 12.8 Å². The number of carbonyl (C=O) groups is 1. The molecule has 0 saturated carbocycles. The summed E-state index contributed by atoms with van der Waals surface area (Å²) in [5.41, 5.74) is 5.27. The predicted molar refractivity (Wildman–Crippen MR) is 132 cm³/mol. The van der Waals surface area contributed by atoms with Crippen LogP contribution in [0.3, 0.4) is 0 Å². The van der Waals surface area contributed by atoms with Gasteiger partial charge in [0.25, 0.3) is 0 Å². The molecule has 0 aliphatic heterocycles. The van der Waals surface area contributed by atoms with E-state index in [9.17, 15) is 14.3 Å². The maximum absolute atomic E-state index is 11.9. The van der Waals surface area contributed by atoms with Crippen LogP contribution in [0.5, 0.6) is 0 Å². The number of unbranched alkanes of at least 4 members (excludes halogenated alkanes) is 12. The van der Waals surface area contributed by atoms with E-state index in [1.165, 1.54) is 64.2 Å². The average Bonchev–Trinajstić information content (AvgIpc) is 2.80. The molecule has 0 spiro atoms. The molecule has 0 aromatic rings. The summed E-state index contributed by atoms with van der Waals surface area (Å²) >= 11 is 0. The van der Waals surface area contributed by atoms with Gasteiger partial charge in [-0.15, -0.1) is 0 Å². The quantitative estimate of drug-likeness (QED) is 0.0913. The summed E-state index contributed by atoms with van der Waals surface area (Å²) in [6, 6.07) is 0. The monoisotopic (exact) mass is 495 g/mol. The standard InChI is InChI=1S/C24H50NO7P/c1-3-5-7-8-9-10-11-12-13-14-15-16-19-29-21-23(32-24(26)17-6-4-2)22-31-33(27,28)30-20-18-25/h23H,3-22,25H2,1-2H3,(H,27,28). The Balaban J connectivity index is 3.96. The van der Waals surface area contributed by atoms with Crippen LogP contribution in [0.15, 0.2) is 0 Å². The Kier molecular flexibility index (Phi) is 22.9. The first-order valence-electron chi connectivity index (χ1n) is 13.0. The number of esters is 1. The van der Waals surface area contributed by atoms with E-state index >= 15 is 0 Å². The molecule has 0 aromatic carbocycles. The Bertz CT molecular complexity index is 493. The maximum Gasteiger partial charge on any atom is 0.472 e. The third-order valence-corrected chi connectivity index (χ3v) is 6.26. The highest BCUT2D eigenvalue weighted by Crippen LogP contribution is 2.43. The van der Waals surface area contributed by atoms with Crippen molar-refractivity contribution < 1.29 is 32.8 Å². The molecular formula is C24H50NO7P. The summed E-state index contributed by atoms with van der Waals surface area (Å²) in [5.74, 6) is -0.366. The van der Waals surface area contributed by atoms with Crippen molar-refractivity contribution in [3.63, 3.8) is 0 Å². The molecule has 0 radical (unpaired) electrons. The fourth-order valence-corrected chi connectivity index (χ4v) is 4.09. The van der Waals surface area contributed by atoms with Crippen molar-refractivity contribution in [2.45, 2.75) is 116 Å². The molecule has 0 rings (SSSR count). The second kappa shape index (κ2) is 23.3. The van der Waals surface area contributed by atoms with Crippen LogP contribution in [0.25, 0.3) is 0 Å². The summed E-state index contributed by atoms with van der Waals surface area (Å²) in [7, 11) is -4.23. The lowest BCUT2D eigenvalue weighted by Gasteiger charge is -2.20. The summed E-state index contributed by atoms with van der Waals surface area (Å²) in [4.78, 5) is 21.6. The third kappa shape index (κ3) is 23.0. The molecule has 2 atom stereocenters. The normalized spacial score (nSPS) is 14.2. The highest BCUT2D eigenvalue weighted by molar-refractivity contribution is 7.47. The molecule has 0 heterocycles. The van der Waals surface area contributed by atoms with E-state index in [0.29, 0.717) is 13.0 Å². The van der Waals surface area contributed by atoms with Gasteiger partial charge >= 0.3 is 13.8 Å². The summed E-state index contributed by atoms with van der Waals surface area (Å²) < 4.78 is 32.5. The number of phosphoric ester groups is 1. The highest BCUT2D eigenvalue weighted by Gasteiger charge is 2.25. The molecule has 0 aliphatic carbocycles. The molecule has 8 nitrogen and oxygen atoms in total. The average molecular weight is 496 g/mol. The van der Waals surface area contributed by atoms with Gasteiger partial charge < -0.3 is 20.1 Å². The van der Waals surface area contributed by atoms with E-state index in [2.05, 4.69) is 6.92 Å². The predicted octanol–water partition coefficient (Wildman–Crippen LogP) is 5.90. The lowest BCUT2D eigenvalue weighted by Crippen LogP contribution is -2.28. The van der Waals surface area contributed by atoms with Crippen molar-refractivity contribution >= 4 is 13.8 Å². The van der Waals surface area contributed by atoms with Crippen molar-refractivity contribution in [3.8, 4) is 0 Å². The van der Waals surface area contributed by atoms with Crippen molar-refractivity contribution in [3.05, 3.63) is 0 Å². The Morgan fingerprint density at radius 3 is 1.88 bits per heavy atom. The van der Waals surface area contributed by atoms with Gasteiger partial charge in [-0.3, -0.25) is 13.8 Å². The van der Waals surface area contributed by atoms with E-state index in [1.54, 1.807) is 0 Å². The molecule has 0 saturated heterocycles. The van der Waals surface area contributed by atoms with Crippen molar-refractivity contribution in [1.82, 2.24) is 0 Å². The highest BCUT2D eigenvalue weighted by atomic mass is 31.2. The lowest BCUT2D eigenvalue weighted by molar-refractivity contribution is -0.154. The first kappa shape index (κ1) is 32.5. The Labute approximate surface area is 201 Å². The van der Waals surface area contributed by atoms with Crippen molar-refractivity contribution in [1.29, 1.82) is 0 Å². The van der Waals surface area contributed by atoms with Gasteiger partial charge in [0.15, 0.2) is 0 Å². The Hall–Kier alpha value is -0.500. The number of hydrogen-bond donors (Lipinski definition) is 2. The van der Waals surface area contributed by atoms with E-state index in [1.807, 2.05) is 6.92 Å². The van der Waals surface area contributed by atoms with Gasteiger partial charge in [0, 0.05) is 19.6 Å². The molecule has 0 aliphatic rings. The molecule has 0 fully saturated rings. The van der Waals surface area contributed by atoms with Crippen LogP contribution in [0, 0.1) is 0 Å². The van der Waals surface area contributed by atoms with Crippen LogP contribution < -0.4 is 5.73 Å². The van der Waals surface area contributed by atoms with Crippen molar-refractivity contribution in [2.24, 2.45) is 5.73 Å². The van der Waals surface area contributed by atoms with Crippen LogP contribution >= 0.6 is 7.82 Å². The first-order chi connectivity index (χ1) is 15.9. The van der Waals surface area contributed by atoms with Crippen LogP contribution in [0.4, 0.5) is 0 Å². The number of carbonyl (C=O) groups excluding carboxylic acids is 1. The molecule has 198 valence electrons. The molecule has 0 bridgehead atoms. The number of ether oxygens (including phenoxy) is 2. The van der Waals surface area contributed by atoms with E-state index in [0.717, 1.165) is 25.7 Å². The zero-order valence-electron chi connectivity index (χ0n) is 21.1. The minimum atomic E-state index is -4.23. The second-order valence-corrected chi connectivity index (χ2v) is 10.0. The molecule has 3 N–H and O–H groups in total. The van der Waals surface area contributed by atoms with Gasteiger partial charge in [-0.2, -0.15) is 0 Å². The fourth-order valence-electron chi connectivity index (χ4n) is 3.32. The van der Waals surface area contributed by atoms with Gasteiger partial charge in [0.2, 0.25) is 0 Å². The number of phosphoric acid groups is 1. The fraction of sp³-hybridized carbons (Fsp3) is 0.958. The Morgan fingerprint density at radius 1 is 0.788 bits per heavy atom. The van der Waals surface area contributed by atoms with Crippen molar-refractivity contribution in [2.75, 3.05) is 33.0 Å². The molecule has 9 heteroatoms. The summed E-state index contributed by atoms with van der Waals surface area (Å²) in [6.07, 6.45) is 16.4. The smallest absolute Gasteiger partial charge is 0.457 e. The number of nitrogens with two attached hydrogens (primary N) is 1. The van der Waals surface area contributed by atoms with Crippen LogP contribution in [-0.4, -0.2) is 49.9 Å². The van der Waals surface area contributed by atoms with E-state index in [-0.39, 0.29) is 32.3 Å². The number of rotatable bonds is 25. The zero-order chi connectivity index (χ0) is 24.6. The van der Waals surface area contributed by atoms with E-state index < -0.39 is 13.9 Å². The maximum atomic E-state index is 11.9.